The Morgan fingerprint density at radius 3 is 2.00 bits per heavy atom. The molecule has 2 aromatic rings. The van der Waals surface area contributed by atoms with Crippen LogP contribution >= 0.6 is 0 Å². The first-order chi connectivity index (χ1) is 12.0. The SMILES string of the molecule is CC(NC(c1ccccc1)c1ccccc1)=C1C(=O)CC2C1C2(C)C. The van der Waals surface area contributed by atoms with Crippen LogP contribution in [0.25, 0.3) is 0 Å². The number of fused-ring (bicyclic) bond motifs is 1. The number of ketones is 1. The molecule has 0 heterocycles. The van der Waals surface area contributed by atoms with E-state index in [0.29, 0.717) is 24.0 Å². The maximum atomic E-state index is 12.5. The van der Waals surface area contributed by atoms with Crippen LogP contribution in [0, 0.1) is 17.3 Å². The molecule has 2 nitrogen and oxygen atoms in total. The summed E-state index contributed by atoms with van der Waals surface area (Å²) < 4.78 is 0. The van der Waals surface area contributed by atoms with E-state index in [9.17, 15) is 4.79 Å². The third kappa shape index (κ3) is 2.70. The van der Waals surface area contributed by atoms with Crippen molar-refractivity contribution >= 4 is 5.78 Å². The lowest BCUT2D eigenvalue weighted by Crippen LogP contribution is -2.24. The number of hydrogen-bond acceptors (Lipinski definition) is 2. The second-order valence-electron chi connectivity index (χ2n) is 7.97. The lowest BCUT2D eigenvalue weighted by Gasteiger charge is -2.23. The van der Waals surface area contributed by atoms with E-state index in [4.69, 9.17) is 0 Å². The minimum absolute atomic E-state index is 0.0589. The van der Waals surface area contributed by atoms with Crippen LogP contribution in [-0.2, 0) is 4.79 Å². The summed E-state index contributed by atoms with van der Waals surface area (Å²) in [7, 11) is 0. The van der Waals surface area contributed by atoms with Crippen LogP contribution in [0.15, 0.2) is 71.9 Å². The van der Waals surface area contributed by atoms with Crippen molar-refractivity contribution in [2.45, 2.75) is 33.2 Å². The minimum atomic E-state index is 0.0589. The molecule has 0 aliphatic heterocycles. The molecule has 4 rings (SSSR count). The summed E-state index contributed by atoms with van der Waals surface area (Å²) >= 11 is 0. The molecule has 2 aliphatic carbocycles. The topological polar surface area (TPSA) is 29.1 Å². The first-order valence-corrected chi connectivity index (χ1v) is 9.10. The number of carbonyl (C=O) groups is 1. The van der Waals surface area contributed by atoms with Gasteiger partial charge in [-0.2, -0.15) is 0 Å². The Hall–Kier alpha value is -2.35. The molecule has 25 heavy (non-hydrogen) atoms. The smallest absolute Gasteiger partial charge is 0.161 e. The van der Waals surface area contributed by atoms with E-state index in [2.05, 4.69) is 74.6 Å². The molecule has 0 spiro atoms. The summed E-state index contributed by atoms with van der Waals surface area (Å²) in [5, 5.41) is 3.68. The van der Waals surface area contributed by atoms with Crippen molar-refractivity contribution in [2.24, 2.45) is 17.3 Å². The predicted molar refractivity (Wildman–Crippen MR) is 101 cm³/mol. The van der Waals surface area contributed by atoms with Crippen LogP contribution in [0.2, 0.25) is 0 Å². The van der Waals surface area contributed by atoms with Gasteiger partial charge in [0.15, 0.2) is 5.78 Å². The van der Waals surface area contributed by atoms with Crippen molar-refractivity contribution in [3.63, 3.8) is 0 Å². The van der Waals surface area contributed by atoms with E-state index in [1.165, 1.54) is 11.1 Å². The molecule has 0 radical (unpaired) electrons. The van der Waals surface area contributed by atoms with Gasteiger partial charge in [-0.1, -0.05) is 74.5 Å². The second-order valence-corrected chi connectivity index (χ2v) is 7.97. The molecule has 0 saturated heterocycles. The highest BCUT2D eigenvalue weighted by molar-refractivity contribution is 6.01. The second kappa shape index (κ2) is 5.87. The highest BCUT2D eigenvalue weighted by Crippen LogP contribution is 2.68. The Bertz CT molecular complexity index is 780. The molecular formula is C23H25NO. The van der Waals surface area contributed by atoms with Crippen molar-refractivity contribution in [3.8, 4) is 0 Å². The van der Waals surface area contributed by atoms with E-state index in [-0.39, 0.29) is 11.5 Å². The van der Waals surface area contributed by atoms with Gasteiger partial charge in [-0.05, 0) is 35.3 Å². The molecule has 0 amide bonds. The number of rotatable bonds is 4. The van der Waals surface area contributed by atoms with Crippen molar-refractivity contribution in [1.82, 2.24) is 5.32 Å². The zero-order valence-electron chi connectivity index (χ0n) is 15.1. The highest BCUT2D eigenvalue weighted by Gasteiger charge is 2.65. The number of carbonyl (C=O) groups excluding carboxylic acids is 1. The monoisotopic (exact) mass is 331 g/mol. The lowest BCUT2D eigenvalue weighted by atomic mass is 9.94. The Morgan fingerprint density at radius 2 is 1.52 bits per heavy atom. The summed E-state index contributed by atoms with van der Waals surface area (Å²) in [5.41, 5.74) is 4.78. The molecule has 2 aromatic carbocycles. The molecule has 2 heteroatoms. The first-order valence-electron chi connectivity index (χ1n) is 9.10. The normalized spacial score (nSPS) is 25.7. The number of allylic oxidation sites excluding steroid dienone is 2. The van der Waals surface area contributed by atoms with Gasteiger partial charge in [0.05, 0.1) is 6.04 Å². The molecule has 1 N–H and O–H groups in total. The number of Topliss-reactive ketones (excluding diaryl/α,β-unsaturated/α-hetero) is 1. The summed E-state index contributed by atoms with van der Waals surface area (Å²) in [5.74, 6) is 1.30. The van der Waals surface area contributed by atoms with E-state index >= 15 is 0 Å². The van der Waals surface area contributed by atoms with Crippen molar-refractivity contribution < 1.29 is 4.79 Å². The molecule has 2 fully saturated rings. The largest absolute Gasteiger partial charge is 0.377 e. The fraction of sp³-hybridized carbons (Fsp3) is 0.348. The van der Waals surface area contributed by atoms with Gasteiger partial charge < -0.3 is 5.32 Å². The van der Waals surface area contributed by atoms with Gasteiger partial charge in [-0.15, -0.1) is 0 Å². The van der Waals surface area contributed by atoms with Crippen LogP contribution in [0.5, 0.6) is 0 Å². The highest BCUT2D eigenvalue weighted by atomic mass is 16.1. The molecule has 2 atom stereocenters. The predicted octanol–water partition coefficient (Wildman–Crippen LogP) is 4.88. The molecule has 0 aromatic heterocycles. The molecule has 0 bridgehead atoms. The summed E-state index contributed by atoms with van der Waals surface area (Å²) in [6, 6.07) is 21.0. The van der Waals surface area contributed by atoms with Crippen LogP contribution in [0.3, 0.4) is 0 Å². The quantitative estimate of drug-likeness (QED) is 0.809. The van der Waals surface area contributed by atoms with E-state index in [1.807, 2.05) is 12.1 Å². The molecule has 128 valence electrons. The van der Waals surface area contributed by atoms with E-state index < -0.39 is 0 Å². The molecule has 2 unspecified atom stereocenters. The van der Waals surface area contributed by atoms with E-state index in [1.54, 1.807) is 0 Å². The summed E-state index contributed by atoms with van der Waals surface area (Å²) in [6.45, 7) is 6.64. The third-order valence-electron chi connectivity index (χ3n) is 6.10. The van der Waals surface area contributed by atoms with Crippen LogP contribution < -0.4 is 5.32 Å². The Labute approximate surface area is 150 Å². The lowest BCUT2D eigenvalue weighted by molar-refractivity contribution is -0.115. The Balaban J connectivity index is 1.70. The van der Waals surface area contributed by atoms with Crippen LogP contribution in [0.4, 0.5) is 0 Å². The molecule has 2 aliphatic rings. The first kappa shape index (κ1) is 16.1. The zero-order chi connectivity index (χ0) is 17.6. The van der Waals surface area contributed by atoms with Crippen molar-refractivity contribution in [2.75, 3.05) is 0 Å². The van der Waals surface area contributed by atoms with Crippen molar-refractivity contribution in [3.05, 3.63) is 83.1 Å². The van der Waals surface area contributed by atoms with Gasteiger partial charge in [0, 0.05) is 17.7 Å². The third-order valence-corrected chi connectivity index (χ3v) is 6.10. The van der Waals surface area contributed by atoms with Gasteiger partial charge in [-0.25, -0.2) is 0 Å². The maximum absolute atomic E-state index is 12.5. The fourth-order valence-electron chi connectivity index (χ4n) is 4.57. The number of benzene rings is 2. The number of hydrogen-bond donors (Lipinski definition) is 1. The standard InChI is InChI=1S/C23H25NO/c1-15(20-19(25)14-18-21(20)23(18,2)3)24-22(16-10-6-4-7-11-16)17-12-8-5-9-13-17/h4-13,18,21-22,24H,14H2,1-3H3. The average Bonchev–Trinajstić information content (AvgIpc) is 2.96. The fourth-order valence-corrected chi connectivity index (χ4v) is 4.57. The van der Waals surface area contributed by atoms with Gasteiger partial charge in [0.25, 0.3) is 0 Å². The van der Waals surface area contributed by atoms with Gasteiger partial charge in [0.1, 0.15) is 0 Å². The van der Waals surface area contributed by atoms with Crippen LogP contribution in [0.1, 0.15) is 44.4 Å². The maximum Gasteiger partial charge on any atom is 0.161 e. The van der Waals surface area contributed by atoms with Gasteiger partial charge in [0.2, 0.25) is 0 Å². The van der Waals surface area contributed by atoms with Gasteiger partial charge in [-0.3, -0.25) is 4.79 Å². The minimum Gasteiger partial charge on any atom is -0.377 e. The molecule has 2 saturated carbocycles. The Kier molecular flexibility index (Phi) is 3.79. The van der Waals surface area contributed by atoms with Gasteiger partial charge >= 0.3 is 0 Å². The Morgan fingerprint density at radius 1 is 1.00 bits per heavy atom. The van der Waals surface area contributed by atoms with Crippen molar-refractivity contribution in [1.29, 1.82) is 0 Å². The summed E-state index contributed by atoms with van der Waals surface area (Å²) in [4.78, 5) is 12.5. The average molecular weight is 331 g/mol. The number of nitrogens with one attached hydrogen (secondary N) is 1. The summed E-state index contributed by atoms with van der Waals surface area (Å²) in [6.07, 6.45) is 0.716. The van der Waals surface area contributed by atoms with E-state index in [0.717, 1.165) is 11.3 Å². The zero-order valence-corrected chi connectivity index (χ0v) is 15.1. The van der Waals surface area contributed by atoms with Crippen LogP contribution in [-0.4, -0.2) is 5.78 Å². The molecular weight excluding hydrogens is 306 g/mol.